The molecule has 1 aliphatic rings. The maximum Gasteiger partial charge on any atom is 0.0566 e. The maximum atomic E-state index is 5.40. The number of allylic oxidation sites excluding steroid dienone is 2. The molecule has 0 bridgehead atoms. The Bertz CT molecular complexity index is 225. The quantitative estimate of drug-likeness (QED) is 0.603. The van der Waals surface area contributed by atoms with Gasteiger partial charge in [-0.05, 0) is 19.8 Å². The highest BCUT2D eigenvalue weighted by atomic mass is 16.5. The molecule has 1 heteroatoms. The van der Waals surface area contributed by atoms with Crippen molar-refractivity contribution >= 4 is 0 Å². The van der Waals surface area contributed by atoms with Crippen molar-refractivity contribution in [2.45, 2.75) is 19.8 Å². The number of hydrogen-bond donors (Lipinski definition) is 0. The molecule has 1 atom stereocenters. The van der Waals surface area contributed by atoms with Crippen molar-refractivity contribution in [2.75, 3.05) is 13.2 Å². The van der Waals surface area contributed by atoms with Gasteiger partial charge in [-0.3, -0.25) is 0 Å². The summed E-state index contributed by atoms with van der Waals surface area (Å²) in [5, 5.41) is 0. The standard InChI is InChI=1S/C12H18O/c1-4-6-10(3)12-7-8-13-9-11(12)5-2/h4-5,11H,1-2,6-9H2,3H3/b12-10+. The molecule has 72 valence electrons. The van der Waals surface area contributed by atoms with Gasteiger partial charge >= 0.3 is 0 Å². The highest BCUT2D eigenvalue weighted by molar-refractivity contribution is 5.22. The van der Waals surface area contributed by atoms with Crippen LogP contribution in [0.2, 0.25) is 0 Å². The van der Waals surface area contributed by atoms with E-state index in [0.29, 0.717) is 5.92 Å². The van der Waals surface area contributed by atoms with Crippen LogP contribution in [-0.2, 0) is 4.74 Å². The van der Waals surface area contributed by atoms with Crippen molar-refractivity contribution in [1.82, 2.24) is 0 Å². The van der Waals surface area contributed by atoms with E-state index in [2.05, 4.69) is 20.1 Å². The summed E-state index contributed by atoms with van der Waals surface area (Å²) in [6.45, 7) is 11.4. The largest absolute Gasteiger partial charge is 0.380 e. The van der Waals surface area contributed by atoms with Crippen LogP contribution in [0.5, 0.6) is 0 Å². The lowest BCUT2D eigenvalue weighted by Gasteiger charge is -2.25. The monoisotopic (exact) mass is 178 g/mol. The zero-order valence-electron chi connectivity index (χ0n) is 8.38. The highest BCUT2D eigenvalue weighted by Gasteiger charge is 2.17. The van der Waals surface area contributed by atoms with Crippen LogP contribution >= 0.6 is 0 Å². The second kappa shape index (κ2) is 5.03. The van der Waals surface area contributed by atoms with Crippen LogP contribution in [-0.4, -0.2) is 13.2 Å². The van der Waals surface area contributed by atoms with Crippen molar-refractivity contribution in [3.63, 3.8) is 0 Å². The van der Waals surface area contributed by atoms with Gasteiger partial charge in [0.2, 0.25) is 0 Å². The minimum atomic E-state index is 0.425. The second-order valence-corrected chi connectivity index (χ2v) is 3.47. The van der Waals surface area contributed by atoms with Gasteiger partial charge in [0.1, 0.15) is 0 Å². The predicted octanol–water partition coefficient (Wildman–Crippen LogP) is 3.10. The molecule has 1 fully saturated rings. The van der Waals surface area contributed by atoms with E-state index in [1.165, 1.54) is 11.1 Å². The summed E-state index contributed by atoms with van der Waals surface area (Å²) in [6, 6.07) is 0. The van der Waals surface area contributed by atoms with E-state index < -0.39 is 0 Å². The smallest absolute Gasteiger partial charge is 0.0566 e. The molecule has 1 nitrogen and oxygen atoms in total. The Labute approximate surface area is 80.8 Å². The van der Waals surface area contributed by atoms with Crippen molar-refractivity contribution in [1.29, 1.82) is 0 Å². The highest BCUT2D eigenvalue weighted by Crippen LogP contribution is 2.26. The zero-order valence-corrected chi connectivity index (χ0v) is 8.38. The van der Waals surface area contributed by atoms with Gasteiger partial charge < -0.3 is 4.74 Å². The first kappa shape index (κ1) is 10.3. The third kappa shape index (κ3) is 2.56. The van der Waals surface area contributed by atoms with E-state index in [4.69, 9.17) is 4.74 Å². The molecule has 0 aromatic rings. The Morgan fingerprint density at radius 2 is 2.38 bits per heavy atom. The Balaban J connectivity index is 2.77. The summed E-state index contributed by atoms with van der Waals surface area (Å²) >= 11 is 0. The van der Waals surface area contributed by atoms with Gasteiger partial charge in [0.25, 0.3) is 0 Å². The average Bonchev–Trinajstić information content (AvgIpc) is 2.18. The fourth-order valence-electron chi connectivity index (χ4n) is 1.77. The third-order valence-corrected chi connectivity index (χ3v) is 2.54. The molecular weight excluding hydrogens is 160 g/mol. The lowest BCUT2D eigenvalue weighted by Crippen LogP contribution is -2.19. The molecule has 13 heavy (non-hydrogen) atoms. The fourth-order valence-corrected chi connectivity index (χ4v) is 1.77. The van der Waals surface area contributed by atoms with Crippen LogP contribution in [0.4, 0.5) is 0 Å². The van der Waals surface area contributed by atoms with Gasteiger partial charge in [-0.2, -0.15) is 0 Å². The molecule has 0 aliphatic carbocycles. The molecule has 0 spiro atoms. The molecule has 0 N–H and O–H groups in total. The molecule has 1 aliphatic heterocycles. The van der Waals surface area contributed by atoms with Gasteiger partial charge in [0.05, 0.1) is 13.2 Å². The number of hydrogen-bond acceptors (Lipinski definition) is 1. The molecule has 1 heterocycles. The van der Waals surface area contributed by atoms with Crippen LogP contribution in [0, 0.1) is 5.92 Å². The van der Waals surface area contributed by atoms with Crippen molar-refractivity contribution in [3.05, 3.63) is 36.5 Å². The Hall–Kier alpha value is -0.820. The van der Waals surface area contributed by atoms with Crippen molar-refractivity contribution < 1.29 is 4.74 Å². The van der Waals surface area contributed by atoms with Crippen molar-refractivity contribution in [3.8, 4) is 0 Å². The summed E-state index contributed by atoms with van der Waals surface area (Å²) in [6.07, 6.45) is 5.98. The zero-order chi connectivity index (χ0) is 9.68. The van der Waals surface area contributed by atoms with Crippen LogP contribution in [0.25, 0.3) is 0 Å². The Kier molecular flexibility index (Phi) is 3.97. The maximum absolute atomic E-state index is 5.40. The van der Waals surface area contributed by atoms with Gasteiger partial charge in [0.15, 0.2) is 0 Å². The first-order valence-corrected chi connectivity index (χ1v) is 4.79. The number of rotatable bonds is 3. The first-order chi connectivity index (χ1) is 6.29. The van der Waals surface area contributed by atoms with Gasteiger partial charge in [-0.15, -0.1) is 13.2 Å². The van der Waals surface area contributed by atoms with Gasteiger partial charge in [-0.25, -0.2) is 0 Å². The van der Waals surface area contributed by atoms with E-state index >= 15 is 0 Å². The molecule has 0 aromatic heterocycles. The van der Waals surface area contributed by atoms with Gasteiger partial charge in [0, 0.05) is 5.92 Å². The summed E-state index contributed by atoms with van der Waals surface area (Å²) in [7, 11) is 0. The van der Waals surface area contributed by atoms with E-state index in [1.54, 1.807) is 0 Å². The first-order valence-electron chi connectivity index (χ1n) is 4.79. The van der Waals surface area contributed by atoms with E-state index in [0.717, 1.165) is 26.1 Å². The molecule has 0 aromatic carbocycles. The van der Waals surface area contributed by atoms with Crippen LogP contribution in [0.1, 0.15) is 19.8 Å². The summed E-state index contributed by atoms with van der Waals surface area (Å²) in [4.78, 5) is 0. The SMILES string of the molecule is C=CC/C(C)=C1\CCOCC1C=C. The Morgan fingerprint density at radius 3 is 3.00 bits per heavy atom. The molecule has 1 saturated heterocycles. The molecular formula is C12H18O. The predicted molar refractivity (Wildman–Crippen MR) is 56.6 cm³/mol. The summed E-state index contributed by atoms with van der Waals surface area (Å²) in [5.74, 6) is 0.425. The second-order valence-electron chi connectivity index (χ2n) is 3.47. The van der Waals surface area contributed by atoms with E-state index in [9.17, 15) is 0 Å². The molecule has 0 saturated carbocycles. The normalized spacial score (nSPS) is 26.7. The lowest BCUT2D eigenvalue weighted by molar-refractivity contribution is 0.0971. The molecule has 1 rings (SSSR count). The average molecular weight is 178 g/mol. The fraction of sp³-hybridized carbons (Fsp3) is 0.500. The molecule has 0 radical (unpaired) electrons. The van der Waals surface area contributed by atoms with Crippen LogP contribution < -0.4 is 0 Å². The Morgan fingerprint density at radius 1 is 1.62 bits per heavy atom. The summed E-state index contributed by atoms with van der Waals surface area (Å²) < 4.78 is 5.40. The molecule has 0 amide bonds. The third-order valence-electron chi connectivity index (χ3n) is 2.54. The minimum Gasteiger partial charge on any atom is -0.380 e. The van der Waals surface area contributed by atoms with E-state index in [1.807, 2.05) is 12.2 Å². The number of ether oxygens (including phenoxy) is 1. The minimum absolute atomic E-state index is 0.425. The summed E-state index contributed by atoms with van der Waals surface area (Å²) in [5.41, 5.74) is 2.93. The topological polar surface area (TPSA) is 9.23 Å². The van der Waals surface area contributed by atoms with Crippen LogP contribution in [0.3, 0.4) is 0 Å². The van der Waals surface area contributed by atoms with Crippen molar-refractivity contribution in [2.24, 2.45) is 5.92 Å². The molecule has 1 unspecified atom stereocenters. The van der Waals surface area contributed by atoms with Crippen LogP contribution in [0.15, 0.2) is 36.5 Å². The lowest BCUT2D eigenvalue weighted by atomic mass is 9.90. The van der Waals surface area contributed by atoms with E-state index in [-0.39, 0.29) is 0 Å². The van der Waals surface area contributed by atoms with Gasteiger partial charge in [-0.1, -0.05) is 23.3 Å².